The number of halogens is 1. The predicted molar refractivity (Wildman–Crippen MR) is 74.7 cm³/mol. The summed E-state index contributed by atoms with van der Waals surface area (Å²) in [6.45, 7) is 4.35. The van der Waals surface area contributed by atoms with Crippen molar-refractivity contribution in [2.24, 2.45) is 0 Å². The van der Waals surface area contributed by atoms with E-state index in [1.54, 1.807) is 0 Å². The van der Waals surface area contributed by atoms with Crippen LogP contribution in [0.2, 0.25) is 0 Å². The third-order valence-corrected chi connectivity index (χ3v) is 4.13. The number of carbonyl (C=O) groups is 1. The van der Waals surface area contributed by atoms with Gasteiger partial charge >= 0.3 is 0 Å². The van der Waals surface area contributed by atoms with Crippen molar-refractivity contribution in [1.29, 1.82) is 0 Å². The van der Waals surface area contributed by atoms with Crippen molar-refractivity contribution in [3.63, 3.8) is 0 Å². The van der Waals surface area contributed by atoms with E-state index in [1.165, 1.54) is 12.1 Å². The Morgan fingerprint density at radius 3 is 3.05 bits per heavy atom. The maximum atomic E-state index is 13.7. The van der Waals surface area contributed by atoms with Gasteiger partial charge in [-0.1, -0.05) is 0 Å². The summed E-state index contributed by atoms with van der Waals surface area (Å²) in [6, 6.07) is 3.89. The summed E-state index contributed by atoms with van der Waals surface area (Å²) in [5.41, 5.74) is -0.0395. The van der Waals surface area contributed by atoms with E-state index in [1.807, 2.05) is 6.92 Å². The third-order valence-electron chi connectivity index (χ3n) is 4.13. The molecule has 6 heteroatoms. The molecule has 0 bridgehead atoms. The summed E-state index contributed by atoms with van der Waals surface area (Å²) in [5.74, 6) is -1.33. The lowest BCUT2D eigenvalue weighted by Crippen LogP contribution is -2.45. The smallest absolute Gasteiger partial charge is 0.254 e. The summed E-state index contributed by atoms with van der Waals surface area (Å²) >= 11 is 0. The second-order valence-corrected chi connectivity index (χ2v) is 5.82. The van der Waals surface area contributed by atoms with Gasteiger partial charge < -0.3 is 15.2 Å². The van der Waals surface area contributed by atoms with E-state index in [-0.39, 0.29) is 23.5 Å². The third kappa shape index (κ3) is 3.01. The van der Waals surface area contributed by atoms with Gasteiger partial charge in [-0.3, -0.25) is 9.69 Å². The molecule has 1 amide bonds. The quantitative estimate of drug-likeness (QED) is 0.858. The van der Waals surface area contributed by atoms with E-state index < -0.39 is 11.7 Å². The first-order valence-electron chi connectivity index (χ1n) is 7.18. The second kappa shape index (κ2) is 5.61. The Bertz CT molecular complexity index is 552. The largest absolute Gasteiger partial charge is 0.508 e. The molecule has 114 valence electrons. The van der Waals surface area contributed by atoms with Crippen LogP contribution in [0.15, 0.2) is 18.2 Å². The highest BCUT2D eigenvalue weighted by molar-refractivity contribution is 5.94. The van der Waals surface area contributed by atoms with Gasteiger partial charge in [0, 0.05) is 31.2 Å². The van der Waals surface area contributed by atoms with Gasteiger partial charge in [0.25, 0.3) is 5.91 Å². The molecule has 0 aliphatic carbocycles. The van der Waals surface area contributed by atoms with Gasteiger partial charge in [0.15, 0.2) is 0 Å². The van der Waals surface area contributed by atoms with E-state index in [0.29, 0.717) is 12.6 Å². The number of rotatable bonds is 2. The van der Waals surface area contributed by atoms with Crippen LogP contribution in [0.5, 0.6) is 5.75 Å². The summed E-state index contributed by atoms with van der Waals surface area (Å²) in [5, 5.41) is 12.0. The zero-order valence-corrected chi connectivity index (χ0v) is 11.9. The number of nitrogens with zero attached hydrogens (tertiary/aromatic N) is 1. The lowest BCUT2D eigenvalue weighted by Gasteiger charge is -2.33. The lowest BCUT2D eigenvalue weighted by molar-refractivity contribution is -0.0390. The molecule has 3 atom stereocenters. The van der Waals surface area contributed by atoms with Gasteiger partial charge in [-0.2, -0.15) is 0 Å². The number of ether oxygens (including phenoxy) is 1. The first kappa shape index (κ1) is 14.3. The maximum Gasteiger partial charge on any atom is 0.254 e. The van der Waals surface area contributed by atoms with Crippen LogP contribution in [0, 0.1) is 5.82 Å². The fourth-order valence-corrected chi connectivity index (χ4v) is 3.10. The maximum absolute atomic E-state index is 13.7. The number of amides is 1. The highest BCUT2D eigenvalue weighted by Gasteiger charge is 2.36. The number of hydrogen-bond donors (Lipinski definition) is 2. The molecule has 3 rings (SSSR count). The molecule has 2 aliphatic rings. The standard InChI is InChI=1S/C15H19FN2O3/c1-9-6-18-7-10(4-11(18)8-21-9)17-15(20)13-3-2-12(19)5-14(13)16/h2-3,5,9-11,19H,4,6-8H2,1H3,(H,17,20)/t9-,10+,11+/m1/s1. The highest BCUT2D eigenvalue weighted by atomic mass is 19.1. The average Bonchev–Trinajstić information content (AvgIpc) is 2.79. The summed E-state index contributed by atoms with van der Waals surface area (Å²) in [4.78, 5) is 14.4. The van der Waals surface area contributed by atoms with Crippen molar-refractivity contribution in [3.05, 3.63) is 29.6 Å². The Kier molecular flexibility index (Phi) is 3.82. The molecule has 2 N–H and O–H groups in total. The minimum atomic E-state index is -0.708. The lowest BCUT2D eigenvalue weighted by atomic mass is 10.1. The van der Waals surface area contributed by atoms with E-state index in [4.69, 9.17) is 4.74 Å². The molecule has 0 unspecified atom stereocenters. The Morgan fingerprint density at radius 2 is 2.29 bits per heavy atom. The molecule has 1 aromatic rings. The molecule has 0 saturated carbocycles. The normalized spacial score (nSPS) is 29.1. The summed E-state index contributed by atoms with van der Waals surface area (Å²) in [6.07, 6.45) is 1.03. The number of phenolic OH excluding ortho intramolecular Hbond substituents is 1. The molecule has 2 heterocycles. The number of morpholine rings is 1. The van der Waals surface area contributed by atoms with Gasteiger partial charge in [-0.15, -0.1) is 0 Å². The van der Waals surface area contributed by atoms with E-state index in [2.05, 4.69) is 10.2 Å². The number of carbonyl (C=O) groups excluding carboxylic acids is 1. The van der Waals surface area contributed by atoms with E-state index >= 15 is 0 Å². The van der Waals surface area contributed by atoms with Gasteiger partial charge in [-0.25, -0.2) is 4.39 Å². The number of benzene rings is 1. The topological polar surface area (TPSA) is 61.8 Å². The Morgan fingerprint density at radius 1 is 1.48 bits per heavy atom. The Labute approximate surface area is 122 Å². The predicted octanol–water partition coefficient (Wildman–Crippen LogP) is 1.12. The van der Waals surface area contributed by atoms with Crippen LogP contribution in [-0.4, -0.2) is 53.8 Å². The van der Waals surface area contributed by atoms with Crippen LogP contribution in [0.25, 0.3) is 0 Å². The number of nitrogens with one attached hydrogen (secondary N) is 1. The molecule has 0 spiro atoms. The fourth-order valence-electron chi connectivity index (χ4n) is 3.10. The number of aromatic hydroxyl groups is 1. The summed E-state index contributed by atoms with van der Waals surface area (Å²) in [7, 11) is 0. The molecular formula is C15H19FN2O3. The summed E-state index contributed by atoms with van der Waals surface area (Å²) < 4.78 is 19.3. The molecule has 2 fully saturated rings. The van der Waals surface area contributed by atoms with Gasteiger partial charge in [0.2, 0.25) is 0 Å². The van der Waals surface area contributed by atoms with Crippen molar-refractivity contribution >= 4 is 5.91 Å². The van der Waals surface area contributed by atoms with Crippen molar-refractivity contribution in [2.45, 2.75) is 31.5 Å². The van der Waals surface area contributed by atoms with Crippen LogP contribution in [0.3, 0.4) is 0 Å². The number of phenols is 1. The molecule has 0 radical (unpaired) electrons. The monoisotopic (exact) mass is 294 g/mol. The number of fused-ring (bicyclic) bond motifs is 1. The molecule has 21 heavy (non-hydrogen) atoms. The Balaban J connectivity index is 1.63. The van der Waals surface area contributed by atoms with Crippen LogP contribution in [0.4, 0.5) is 4.39 Å². The van der Waals surface area contributed by atoms with Crippen molar-refractivity contribution in [3.8, 4) is 5.75 Å². The average molecular weight is 294 g/mol. The molecule has 0 aromatic heterocycles. The van der Waals surface area contributed by atoms with Crippen molar-refractivity contribution in [1.82, 2.24) is 10.2 Å². The van der Waals surface area contributed by atoms with Gasteiger partial charge in [0.05, 0.1) is 18.3 Å². The Hall–Kier alpha value is -1.66. The van der Waals surface area contributed by atoms with Crippen LogP contribution < -0.4 is 5.32 Å². The fraction of sp³-hybridized carbons (Fsp3) is 0.533. The highest BCUT2D eigenvalue weighted by Crippen LogP contribution is 2.23. The van der Waals surface area contributed by atoms with E-state index in [0.717, 1.165) is 25.6 Å². The zero-order valence-electron chi connectivity index (χ0n) is 11.9. The van der Waals surface area contributed by atoms with Crippen LogP contribution in [-0.2, 0) is 4.74 Å². The minimum absolute atomic E-state index is 0.00426. The minimum Gasteiger partial charge on any atom is -0.508 e. The molecular weight excluding hydrogens is 275 g/mol. The SMILES string of the molecule is C[C@@H]1CN2C[C@@H](NC(=O)c3ccc(O)cc3F)C[C@H]2CO1. The first-order chi connectivity index (χ1) is 10.0. The van der Waals surface area contributed by atoms with E-state index in [9.17, 15) is 14.3 Å². The first-order valence-corrected chi connectivity index (χ1v) is 7.18. The van der Waals surface area contributed by atoms with Gasteiger partial charge in [-0.05, 0) is 25.5 Å². The van der Waals surface area contributed by atoms with Crippen LogP contribution in [0.1, 0.15) is 23.7 Å². The second-order valence-electron chi connectivity index (χ2n) is 5.82. The van der Waals surface area contributed by atoms with Crippen molar-refractivity contribution in [2.75, 3.05) is 19.7 Å². The molecule has 1 aromatic carbocycles. The van der Waals surface area contributed by atoms with Crippen LogP contribution >= 0.6 is 0 Å². The number of hydrogen-bond acceptors (Lipinski definition) is 4. The zero-order chi connectivity index (χ0) is 15.0. The molecule has 2 saturated heterocycles. The molecule has 5 nitrogen and oxygen atoms in total. The molecule has 2 aliphatic heterocycles. The van der Waals surface area contributed by atoms with Gasteiger partial charge in [0.1, 0.15) is 11.6 Å². The van der Waals surface area contributed by atoms with Crippen molar-refractivity contribution < 1.29 is 19.0 Å².